The Labute approximate surface area is 129 Å². The highest BCUT2D eigenvalue weighted by Crippen LogP contribution is 2.30. The van der Waals surface area contributed by atoms with E-state index in [0.717, 1.165) is 12.1 Å². The van der Waals surface area contributed by atoms with Crippen molar-refractivity contribution in [2.24, 2.45) is 0 Å². The van der Waals surface area contributed by atoms with E-state index in [2.05, 4.69) is 9.72 Å². The Bertz CT molecular complexity index is 867. The van der Waals surface area contributed by atoms with Gasteiger partial charge in [-0.15, -0.1) is 0 Å². The van der Waals surface area contributed by atoms with Gasteiger partial charge in [-0.1, -0.05) is 12.1 Å². The molecule has 0 aliphatic carbocycles. The molecule has 3 rings (SSSR count). The maximum atomic E-state index is 12.7. The van der Waals surface area contributed by atoms with Crippen LogP contribution in [0.3, 0.4) is 0 Å². The van der Waals surface area contributed by atoms with Gasteiger partial charge in [0.25, 0.3) is 0 Å². The molecular weight excluding hydrogens is 309 g/mol. The van der Waals surface area contributed by atoms with Gasteiger partial charge in [-0.25, -0.2) is 9.78 Å². The van der Waals surface area contributed by atoms with Crippen LogP contribution in [-0.4, -0.2) is 22.5 Å². The van der Waals surface area contributed by atoms with Crippen LogP contribution in [0.4, 0.5) is 13.2 Å². The average Bonchev–Trinajstić information content (AvgIpc) is 2.96. The Hall–Kier alpha value is -2.83. The van der Waals surface area contributed by atoms with Crippen molar-refractivity contribution in [1.29, 1.82) is 0 Å². The fourth-order valence-electron chi connectivity index (χ4n) is 2.19. The molecule has 0 atom stereocenters. The lowest BCUT2D eigenvalue weighted by Crippen LogP contribution is -2.05. The first kappa shape index (κ1) is 15.1. The zero-order chi connectivity index (χ0) is 16.6. The first-order chi connectivity index (χ1) is 10.9. The van der Waals surface area contributed by atoms with Crippen molar-refractivity contribution in [2.45, 2.75) is 6.18 Å². The summed E-state index contributed by atoms with van der Waals surface area (Å²) in [5.74, 6) is -0.457. The molecular formula is C16H11F3N2O2. The predicted octanol–water partition coefficient (Wildman–Crippen LogP) is 3.81. The molecule has 0 N–H and O–H groups in total. The summed E-state index contributed by atoms with van der Waals surface area (Å²) in [6.07, 6.45) is -1.46. The molecule has 2 heterocycles. The number of benzene rings is 1. The van der Waals surface area contributed by atoms with E-state index < -0.39 is 17.7 Å². The quantitative estimate of drug-likeness (QED) is 0.675. The van der Waals surface area contributed by atoms with Crippen LogP contribution in [0.25, 0.3) is 16.9 Å². The van der Waals surface area contributed by atoms with Crippen molar-refractivity contribution < 1.29 is 22.7 Å². The highest BCUT2D eigenvalue weighted by molar-refractivity contribution is 5.89. The number of ether oxygens (including phenoxy) is 1. The fourth-order valence-corrected chi connectivity index (χ4v) is 2.19. The molecule has 0 fully saturated rings. The second-order valence-electron chi connectivity index (χ2n) is 4.87. The number of pyridine rings is 1. The van der Waals surface area contributed by atoms with Gasteiger partial charge in [0, 0.05) is 18.0 Å². The van der Waals surface area contributed by atoms with Crippen molar-refractivity contribution in [3.05, 3.63) is 59.9 Å². The van der Waals surface area contributed by atoms with E-state index in [-0.39, 0.29) is 5.65 Å². The summed E-state index contributed by atoms with van der Waals surface area (Å²) in [6, 6.07) is 8.47. The third kappa shape index (κ3) is 2.90. The lowest BCUT2D eigenvalue weighted by Gasteiger charge is -2.05. The summed E-state index contributed by atoms with van der Waals surface area (Å²) in [4.78, 5) is 15.6. The molecule has 1 aromatic carbocycles. The standard InChI is InChI=1S/C16H11F3N2O2/c1-23-15(22)11-4-2-10(3-5-11)13-9-21-7-6-12(16(17,18)19)8-14(21)20-13/h2-9H,1H3. The first-order valence-electron chi connectivity index (χ1n) is 6.63. The number of imidazole rings is 1. The van der Waals surface area contributed by atoms with Gasteiger partial charge >= 0.3 is 12.1 Å². The number of halogens is 3. The summed E-state index contributed by atoms with van der Waals surface area (Å²) in [6.45, 7) is 0. The third-order valence-electron chi connectivity index (χ3n) is 3.39. The molecule has 0 spiro atoms. The van der Waals surface area contributed by atoms with Crippen LogP contribution >= 0.6 is 0 Å². The van der Waals surface area contributed by atoms with Crippen LogP contribution in [0.5, 0.6) is 0 Å². The summed E-state index contributed by atoms with van der Waals surface area (Å²) in [5, 5.41) is 0. The van der Waals surface area contributed by atoms with Gasteiger partial charge in [-0.2, -0.15) is 13.2 Å². The first-order valence-corrected chi connectivity index (χ1v) is 6.63. The van der Waals surface area contributed by atoms with Crippen LogP contribution in [0.2, 0.25) is 0 Å². The number of hydrogen-bond acceptors (Lipinski definition) is 3. The molecule has 7 heteroatoms. The van der Waals surface area contributed by atoms with Gasteiger partial charge in [0.1, 0.15) is 5.65 Å². The molecule has 0 radical (unpaired) electrons. The highest BCUT2D eigenvalue weighted by Gasteiger charge is 2.30. The highest BCUT2D eigenvalue weighted by atomic mass is 19.4. The number of alkyl halides is 3. The zero-order valence-electron chi connectivity index (χ0n) is 12.0. The fraction of sp³-hybridized carbons (Fsp3) is 0.125. The number of rotatable bonds is 2. The van der Waals surface area contributed by atoms with E-state index in [1.54, 1.807) is 30.5 Å². The largest absolute Gasteiger partial charge is 0.465 e. The summed E-state index contributed by atoms with van der Waals surface area (Å²) >= 11 is 0. The molecule has 0 saturated heterocycles. The van der Waals surface area contributed by atoms with Crippen molar-refractivity contribution >= 4 is 11.6 Å². The summed E-state index contributed by atoms with van der Waals surface area (Å²) < 4.78 is 44.3. The summed E-state index contributed by atoms with van der Waals surface area (Å²) in [5.41, 5.74) is 1.05. The molecule has 0 aliphatic rings. The van der Waals surface area contributed by atoms with Crippen LogP contribution in [0, 0.1) is 0 Å². The SMILES string of the molecule is COC(=O)c1ccc(-c2cn3ccc(C(F)(F)F)cc3n2)cc1. The van der Waals surface area contributed by atoms with Gasteiger partial charge in [-0.3, -0.25) is 0 Å². The van der Waals surface area contributed by atoms with Crippen molar-refractivity contribution in [3.8, 4) is 11.3 Å². The molecule has 118 valence electrons. The van der Waals surface area contributed by atoms with Crippen LogP contribution in [0.15, 0.2) is 48.8 Å². The maximum Gasteiger partial charge on any atom is 0.416 e. The second-order valence-corrected chi connectivity index (χ2v) is 4.87. The van der Waals surface area contributed by atoms with E-state index >= 15 is 0 Å². The van der Waals surface area contributed by atoms with E-state index in [9.17, 15) is 18.0 Å². The third-order valence-corrected chi connectivity index (χ3v) is 3.39. The van der Waals surface area contributed by atoms with Crippen LogP contribution in [-0.2, 0) is 10.9 Å². The van der Waals surface area contributed by atoms with Crippen molar-refractivity contribution in [2.75, 3.05) is 7.11 Å². The number of esters is 1. The Morgan fingerprint density at radius 3 is 2.48 bits per heavy atom. The maximum absolute atomic E-state index is 12.7. The molecule has 3 aromatic rings. The summed E-state index contributed by atoms with van der Waals surface area (Å²) in [7, 11) is 1.29. The van der Waals surface area contributed by atoms with Gasteiger partial charge in [0.05, 0.1) is 23.9 Å². The molecule has 0 saturated carbocycles. The molecule has 2 aromatic heterocycles. The number of hydrogen-bond donors (Lipinski definition) is 0. The Balaban J connectivity index is 1.98. The number of nitrogens with zero attached hydrogens (tertiary/aromatic N) is 2. The minimum atomic E-state index is -4.41. The minimum absolute atomic E-state index is 0.201. The smallest absolute Gasteiger partial charge is 0.416 e. The average molecular weight is 320 g/mol. The number of fused-ring (bicyclic) bond motifs is 1. The van der Waals surface area contributed by atoms with Gasteiger partial charge in [0.2, 0.25) is 0 Å². The topological polar surface area (TPSA) is 43.6 Å². The van der Waals surface area contributed by atoms with Gasteiger partial charge < -0.3 is 9.14 Å². The van der Waals surface area contributed by atoms with E-state index in [1.165, 1.54) is 17.7 Å². The van der Waals surface area contributed by atoms with E-state index in [1.807, 2.05) is 0 Å². The minimum Gasteiger partial charge on any atom is -0.465 e. The Morgan fingerprint density at radius 1 is 1.17 bits per heavy atom. The van der Waals surface area contributed by atoms with E-state index in [4.69, 9.17) is 0 Å². The number of aromatic nitrogens is 2. The zero-order valence-corrected chi connectivity index (χ0v) is 12.0. The van der Waals surface area contributed by atoms with Crippen LogP contribution < -0.4 is 0 Å². The molecule has 0 amide bonds. The lowest BCUT2D eigenvalue weighted by molar-refractivity contribution is -0.137. The van der Waals surface area contributed by atoms with Gasteiger partial charge in [0.15, 0.2) is 0 Å². The van der Waals surface area contributed by atoms with Gasteiger partial charge in [-0.05, 0) is 24.3 Å². The van der Waals surface area contributed by atoms with E-state index in [0.29, 0.717) is 16.8 Å². The Kier molecular flexibility index (Phi) is 3.55. The Morgan fingerprint density at radius 2 is 1.87 bits per heavy atom. The molecule has 0 bridgehead atoms. The second kappa shape index (κ2) is 5.42. The number of carbonyl (C=O) groups is 1. The van der Waals surface area contributed by atoms with Crippen LogP contribution in [0.1, 0.15) is 15.9 Å². The number of methoxy groups -OCH3 is 1. The monoisotopic (exact) mass is 320 g/mol. The van der Waals surface area contributed by atoms with Crippen molar-refractivity contribution in [3.63, 3.8) is 0 Å². The molecule has 4 nitrogen and oxygen atoms in total. The number of carbonyl (C=O) groups excluding carboxylic acids is 1. The normalized spacial score (nSPS) is 11.7. The van der Waals surface area contributed by atoms with Crippen molar-refractivity contribution in [1.82, 2.24) is 9.38 Å². The predicted molar refractivity (Wildman–Crippen MR) is 77.0 cm³/mol. The molecule has 0 unspecified atom stereocenters. The molecule has 0 aliphatic heterocycles. The molecule has 23 heavy (non-hydrogen) atoms. The lowest BCUT2D eigenvalue weighted by atomic mass is 10.1.